The van der Waals surface area contributed by atoms with E-state index in [4.69, 9.17) is 5.73 Å². The van der Waals surface area contributed by atoms with Crippen molar-refractivity contribution >= 4 is 30.7 Å². The molecule has 1 aromatic carbocycles. The normalized spacial score (nSPS) is 26.6. The molecule has 0 aromatic heterocycles. The van der Waals surface area contributed by atoms with E-state index in [1.54, 1.807) is 0 Å². The van der Waals surface area contributed by atoms with Crippen molar-refractivity contribution in [3.8, 4) is 0 Å². The van der Waals surface area contributed by atoms with E-state index >= 15 is 0 Å². The van der Waals surface area contributed by atoms with Crippen LogP contribution < -0.4 is 11.1 Å². The number of piperidine rings is 1. The number of carbonyl (C=O) groups excluding carboxylic acids is 1. The van der Waals surface area contributed by atoms with Gasteiger partial charge in [-0.05, 0) is 50.3 Å². The highest BCUT2D eigenvalue weighted by atomic mass is 35.5. The molecule has 7 heteroatoms. The molecule has 1 saturated heterocycles. The molecule has 1 aliphatic heterocycles. The van der Waals surface area contributed by atoms with Gasteiger partial charge in [-0.25, -0.2) is 4.39 Å². The van der Waals surface area contributed by atoms with Crippen molar-refractivity contribution in [1.82, 2.24) is 10.2 Å². The Morgan fingerprint density at radius 1 is 1.19 bits per heavy atom. The predicted molar refractivity (Wildman–Crippen MR) is 112 cm³/mol. The second-order valence-corrected chi connectivity index (χ2v) is 7.99. The number of carbonyl (C=O) groups is 1. The van der Waals surface area contributed by atoms with Crippen molar-refractivity contribution < 1.29 is 9.18 Å². The Hall–Kier alpha value is -0.880. The van der Waals surface area contributed by atoms with Crippen molar-refractivity contribution in [2.45, 2.75) is 63.6 Å². The van der Waals surface area contributed by atoms with Crippen LogP contribution in [0, 0.1) is 11.7 Å². The quantitative estimate of drug-likeness (QED) is 0.782. The first-order valence-corrected chi connectivity index (χ1v) is 9.50. The lowest BCUT2D eigenvalue weighted by Gasteiger charge is -2.39. The summed E-state index contributed by atoms with van der Waals surface area (Å²) in [4.78, 5) is 15.0. The van der Waals surface area contributed by atoms with Gasteiger partial charge in [0, 0.05) is 31.2 Å². The molecule has 0 bridgehead atoms. The first-order chi connectivity index (χ1) is 11.9. The number of hydrogen-bond acceptors (Lipinski definition) is 3. The van der Waals surface area contributed by atoms with E-state index in [2.05, 4.69) is 10.2 Å². The summed E-state index contributed by atoms with van der Waals surface area (Å²) in [7, 11) is 0. The molecule has 1 amide bonds. The van der Waals surface area contributed by atoms with Crippen molar-refractivity contribution in [1.29, 1.82) is 0 Å². The molecule has 2 unspecified atom stereocenters. The Labute approximate surface area is 174 Å². The molecule has 1 heterocycles. The molecule has 1 aromatic rings. The van der Waals surface area contributed by atoms with Gasteiger partial charge in [-0.2, -0.15) is 0 Å². The fourth-order valence-electron chi connectivity index (χ4n) is 4.17. The van der Waals surface area contributed by atoms with Gasteiger partial charge in [0.15, 0.2) is 0 Å². The number of nitrogens with one attached hydrogen (secondary N) is 1. The number of nitrogens with two attached hydrogens (primary N) is 1. The summed E-state index contributed by atoms with van der Waals surface area (Å²) in [6.07, 6.45) is 5.98. The van der Waals surface area contributed by atoms with Crippen molar-refractivity contribution in [3.05, 3.63) is 35.6 Å². The third-order valence-corrected chi connectivity index (χ3v) is 5.82. The number of halogens is 3. The fraction of sp³-hybridized carbons (Fsp3) is 0.650. The number of nitrogens with zero attached hydrogens (tertiary/aromatic N) is 1. The zero-order valence-corrected chi connectivity index (χ0v) is 17.6. The predicted octanol–water partition coefficient (Wildman–Crippen LogP) is 3.66. The fourth-order valence-corrected chi connectivity index (χ4v) is 4.17. The maximum Gasteiger partial charge on any atom is 0.225 e. The molecule has 2 fully saturated rings. The number of hydrogen-bond donors (Lipinski definition) is 2. The van der Waals surface area contributed by atoms with Gasteiger partial charge in [-0.3, -0.25) is 9.69 Å². The summed E-state index contributed by atoms with van der Waals surface area (Å²) < 4.78 is 13.0. The van der Waals surface area contributed by atoms with Gasteiger partial charge in [0.1, 0.15) is 5.82 Å². The topological polar surface area (TPSA) is 58.4 Å². The van der Waals surface area contributed by atoms with E-state index in [0.29, 0.717) is 0 Å². The van der Waals surface area contributed by atoms with Gasteiger partial charge in [0.25, 0.3) is 0 Å². The van der Waals surface area contributed by atoms with Crippen LogP contribution in [0.3, 0.4) is 0 Å². The SMILES string of the molecule is CC1(N)CCCCC1C(=O)NC1CCN(Cc2ccc(F)cc2)CC1.Cl.Cl. The highest BCUT2D eigenvalue weighted by Crippen LogP contribution is 2.32. The summed E-state index contributed by atoms with van der Waals surface area (Å²) in [5, 5.41) is 3.24. The number of likely N-dealkylation sites (tertiary alicyclic amines) is 1. The largest absolute Gasteiger partial charge is 0.353 e. The molecule has 3 rings (SSSR count). The van der Waals surface area contributed by atoms with Crippen molar-refractivity contribution in [2.75, 3.05) is 13.1 Å². The van der Waals surface area contributed by atoms with Gasteiger partial charge in [-0.1, -0.05) is 25.0 Å². The molecular weight excluding hydrogens is 388 g/mol. The van der Waals surface area contributed by atoms with Gasteiger partial charge in [0.2, 0.25) is 5.91 Å². The van der Waals surface area contributed by atoms with Crippen molar-refractivity contribution in [3.63, 3.8) is 0 Å². The molecule has 154 valence electrons. The minimum Gasteiger partial charge on any atom is -0.353 e. The summed E-state index contributed by atoms with van der Waals surface area (Å²) in [5.74, 6) is -0.111. The van der Waals surface area contributed by atoms with E-state index in [-0.39, 0.29) is 54.0 Å². The zero-order valence-electron chi connectivity index (χ0n) is 16.0. The molecule has 1 saturated carbocycles. The highest BCUT2D eigenvalue weighted by molar-refractivity contribution is 5.85. The Bertz CT molecular complexity index is 589. The maximum atomic E-state index is 13.0. The van der Waals surface area contributed by atoms with Gasteiger partial charge in [-0.15, -0.1) is 24.8 Å². The van der Waals surface area contributed by atoms with E-state index in [0.717, 1.165) is 63.7 Å². The molecule has 0 spiro atoms. The Kier molecular flexibility index (Phi) is 9.49. The Morgan fingerprint density at radius 3 is 2.41 bits per heavy atom. The van der Waals surface area contributed by atoms with E-state index < -0.39 is 0 Å². The third kappa shape index (κ3) is 6.60. The first kappa shape index (κ1) is 24.2. The molecule has 0 radical (unpaired) electrons. The van der Waals surface area contributed by atoms with Crippen LogP contribution in [0.15, 0.2) is 24.3 Å². The minimum atomic E-state index is -0.369. The Balaban J connectivity index is 0.00000182. The lowest BCUT2D eigenvalue weighted by atomic mass is 9.74. The van der Waals surface area contributed by atoms with Crippen LogP contribution in [0.25, 0.3) is 0 Å². The second kappa shape index (κ2) is 10.6. The van der Waals surface area contributed by atoms with Crippen LogP contribution >= 0.6 is 24.8 Å². The van der Waals surface area contributed by atoms with E-state index in [1.165, 1.54) is 12.1 Å². The molecule has 1 aliphatic carbocycles. The number of amides is 1. The highest BCUT2D eigenvalue weighted by Gasteiger charge is 2.38. The summed E-state index contributed by atoms with van der Waals surface area (Å²) in [6.45, 7) is 4.76. The van der Waals surface area contributed by atoms with Gasteiger partial charge >= 0.3 is 0 Å². The summed E-state index contributed by atoms with van der Waals surface area (Å²) >= 11 is 0. The van der Waals surface area contributed by atoms with Crippen LogP contribution in [-0.2, 0) is 11.3 Å². The molecular formula is C20H32Cl2FN3O. The lowest BCUT2D eigenvalue weighted by Crippen LogP contribution is -2.55. The number of rotatable bonds is 4. The van der Waals surface area contributed by atoms with Gasteiger partial charge in [0.05, 0.1) is 5.92 Å². The summed E-state index contributed by atoms with van der Waals surface area (Å²) in [5.41, 5.74) is 7.11. The van der Waals surface area contributed by atoms with Crippen LogP contribution in [0.2, 0.25) is 0 Å². The molecule has 2 aliphatic rings. The minimum absolute atomic E-state index is 0. The van der Waals surface area contributed by atoms with Crippen LogP contribution in [-0.4, -0.2) is 35.5 Å². The van der Waals surface area contributed by atoms with E-state index in [1.807, 2.05) is 19.1 Å². The monoisotopic (exact) mass is 419 g/mol. The Morgan fingerprint density at radius 2 is 1.81 bits per heavy atom. The smallest absolute Gasteiger partial charge is 0.225 e. The molecule has 4 nitrogen and oxygen atoms in total. The zero-order chi connectivity index (χ0) is 17.9. The first-order valence-electron chi connectivity index (χ1n) is 9.50. The molecule has 27 heavy (non-hydrogen) atoms. The van der Waals surface area contributed by atoms with Gasteiger partial charge < -0.3 is 11.1 Å². The van der Waals surface area contributed by atoms with Crippen LogP contribution in [0.1, 0.15) is 51.0 Å². The molecule has 3 N–H and O–H groups in total. The molecule has 2 atom stereocenters. The standard InChI is InChI=1S/C20H30FN3O.2ClH/c1-20(22)11-3-2-4-18(20)19(25)23-17-9-12-24(13-10-17)14-15-5-7-16(21)8-6-15;;/h5-8,17-18H,2-4,9-14,22H2,1H3,(H,23,25);2*1H. The summed E-state index contributed by atoms with van der Waals surface area (Å²) in [6, 6.07) is 6.95. The van der Waals surface area contributed by atoms with Crippen LogP contribution in [0.5, 0.6) is 0 Å². The van der Waals surface area contributed by atoms with E-state index in [9.17, 15) is 9.18 Å². The number of benzene rings is 1. The second-order valence-electron chi connectivity index (χ2n) is 7.99. The maximum absolute atomic E-state index is 13.0. The van der Waals surface area contributed by atoms with Crippen molar-refractivity contribution in [2.24, 2.45) is 11.7 Å². The third-order valence-electron chi connectivity index (χ3n) is 5.82. The average Bonchev–Trinajstić information content (AvgIpc) is 2.58. The average molecular weight is 420 g/mol. The van der Waals surface area contributed by atoms with Crippen LogP contribution in [0.4, 0.5) is 4.39 Å². The lowest BCUT2D eigenvalue weighted by molar-refractivity contribution is -0.129.